The van der Waals surface area contributed by atoms with Gasteiger partial charge < -0.3 is 5.32 Å². The Morgan fingerprint density at radius 1 is 0.853 bits per heavy atom. The molecule has 0 spiro atoms. The number of rotatable bonds is 7. The largest absolute Gasteiger partial charge is 0.416 e. The minimum Gasteiger partial charge on any atom is -0.322 e. The molecule has 0 fully saturated rings. The Kier molecular flexibility index (Phi) is 7.33. The third kappa shape index (κ3) is 6.05. The number of nitrogens with one attached hydrogen (secondary N) is 1. The summed E-state index contributed by atoms with van der Waals surface area (Å²) in [6, 6.07) is 25.1. The van der Waals surface area contributed by atoms with E-state index in [-0.39, 0.29) is 5.91 Å². The molecule has 0 bridgehead atoms. The standard InChI is InChI=1S/C27H21F3N2OS/c28-27(29,30)20-10-8-19(9-11-20)24-6-1-2-7-25(24)26(33)32-22-12-14-23(15-13-22)34-18-16-21-5-3-4-17-31-21/h1-15,17H,16,18H2,(H,32,33). The Hall–Kier alpha value is -3.58. The summed E-state index contributed by atoms with van der Waals surface area (Å²) >= 11 is 1.71. The van der Waals surface area contributed by atoms with Gasteiger partial charge in [-0.1, -0.05) is 36.4 Å². The molecule has 4 aromatic rings. The lowest BCUT2D eigenvalue weighted by Crippen LogP contribution is -2.13. The van der Waals surface area contributed by atoms with Crippen LogP contribution in [0.1, 0.15) is 21.6 Å². The van der Waals surface area contributed by atoms with E-state index >= 15 is 0 Å². The Labute approximate surface area is 200 Å². The summed E-state index contributed by atoms with van der Waals surface area (Å²) in [5.41, 5.74) is 2.45. The molecule has 172 valence electrons. The molecule has 1 amide bonds. The number of amides is 1. The van der Waals surface area contributed by atoms with E-state index in [2.05, 4.69) is 10.3 Å². The number of pyridine rings is 1. The third-order valence-corrected chi connectivity index (χ3v) is 6.17. The van der Waals surface area contributed by atoms with Crippen LogP contribution in [-0.4, -0.2) is 16.6 Å². The zero-order valence-electron chi connectivity index (χ0n) is 18.0. The van der Waals surface area contributed by atoms with Crippen molar-refractivity contribution in [1.82, 2.24) is 4.98 Å². The molecule has 1 heterocycles. The summed E-state index contributed by atoms with van der Waals surface area (Å²) in [7, 11) is 0. The number of alkyl halides is 3. The van der Waals surface area contributed by atoms with Crippen molar-refractivity contribution in [2.75, 3.05) is 11.1 Å². The van der Waals surface area contributed by atoms with Crippen LogP contribution in [0.25, 0.3) is 11.1 Å². The monoisotopic (exact) mass is 478 g/mol. The number of benzene rings is 3. The van der Waals surface area contributed by atoms with Crippen LogP contribution in [0.15, 0.2) is 102 Å². The van der Waals surface area contributed by atoms with Gasteiger partial charge in [-0.15, -0.1) is 11.8 Å². The minimum absolute atomic E-state index is 0.328. The number of aryl methyl sites for hydroxylation is 1. The first kappa shape index (κ1) is 23.6. The highest BCUT2D eigenvalue weighted by molar-refractivity contribution is 7.99. The van der Waals surface area contributed by atoms with Gasteiger partial charge in [-0.2, -0.15) is 13.2 Å². The van der Waals surface area contributed by atoms with Gasteiger partial charge in [0, 0.05) is 33.8 Å². The fourth-order valence-electron chi connectivity index (χ4n) is 3.42. The molecule has 34 heavy (non-hydrogen) atoms. The molecule has 0 saturated heterocycles. The summed E-state index contributed by atoms with van der Waals surface area (Å²) in [6.07, 6.45) is -1.75. The van der Waals surface area contributed by atoms with Crippen LogP contribution in [0, 0.1) is 0 Å². The molecular weight excluding hydrogens is 457 g/mol. The van der Waals surface area contributed by atoms with Gasteiger partial charge in [0.15, 0.2) is 0 Å². The Morgan fingerprint density at radius 3 is 2.24 bits per heavy atom. The smallest absolute Gasteiger partial charge is 0.322 e. The van der Waals surface area contributed by atoms with Crippen LogP contribution in [-0.2, 0) is 12.6 Å². The first-order valence-electron chi connectivity index (χ1n) is 10.6. The van der Waals surface area contributed by atoms with Crippen LogP contribution in [0.4, 0.5) is 18.9 Å². The lowest BCUT2D eigenvalue weighted by molar-refractivity contribution is -0.137. The quantitative estimate of drug-likeness (QED) is 0.282. The highest BCUT2D eigenvalue weighted by Gasteiger charge is 2.30. The fraction of sp³-hybridized carbons (Fsp3) is 0.111. The van der Waals surface area contributed by atoms with Crippen LogP contribution in [0.2, 0.25) is 0 Å². The van der Waals surface area contributed by atoms with Crippen molar-refractivity contribution in [3.8, 4) is 11.1 Å². The van der Waals surface area contributed by atoms with Crippen LogP contribution in [0.3, 0.4) is 0 Å². The fourth-order valence-corrected chi connectivity index (χ4v) is 4.30. The van der Waals surface area contributed by atoms with Gasteiger partial charge in [0.1, 0.15) is 0 Å². The van der Waals surface area contributed by atoms with E-state index in [1.54, 1.807) is 42.2 Å². The van der Waals surface area contributed by atoms with E-state index in [4.69, 9.17) is 0 Å². The highest BCUT2D eigenvalue weighted by Crippen LogP contribution is 2.32. The van der Waals surface area contributed by atoms with Gasteiger partial charge in [-0.25, -0.2) is 0 Å². The second-order valence-corrected chi connectivity index (χ2v) is 8.69. The maximum atomic E-state index is 12.9. The molecule has 0 saturated carbocycles. The maximum Gasteiger partial charge on any atom is 0.416 e. The van der Waals surface area contributed by atoms with Gasteiger partial charge in [-0.3, -0.25) is 9.78 Å². The zero-order valence-corrected chi connectivity index (χ0v) is 18.9. The van der Waals surface area contributed by atoms with Gasteiger partial charge in [0.2, 0.25) is 0 Å². The first-order valence-corrected chi connectivity index (χ1v) is 11.6. The number of thioether (sulfide) groups is 1. The summed E-state index contributed by atoms with van der Waals surface area (Å²) in [6.45, 7) is 0. The van der Waals surface area contributed by atoms with Gasteiger partial charge in [0.25, 0.3) is 5.91 Å². The molecular formula is C27H21F3N2OS. The normalized spacial score (nSPS) is 11.3. The molecule has 1 aromatic heterocycles. The Bertz CT molecular complexity index is 1240. The second kappa shape index (κ2) is 10.6. The van der Waals surface area contributed by atoms with Crippen molar-refractivity contribution in [2.24, 2.45) is 0 Å². The highest BCUT2D eigenvalue weighted by atomic mass is 32.2. The molecule has 1 N–H and O–H groups in total. The first-order chi connectivity index (χ1) is 16.4. The molecule has 0 aliphatic carbocycles. The van der Waals surface area contributed by atoms with Gasteiger partial charge in [0.05, 0.1) is 5.56 Å². The lowest BCUT2D eigenvalue weighted by atomic mass is 9.98. The van der Waals surface area contributed by atoms with Crippen molar-refractivity contribution in [3.05, 3.63) is 114 Å². The summed E-state index contributed by atoms with van der Waals surface area (Å²) in [5, 5.41) is 2.87. The zero-order chi connectivity index (χ0) is 24.0. The van der Waals surface area contributed by atoms with E-state index < -0.39 is 11.7 Å². The third-order valence-electron chi connectivity index (χ3n) is 5.16. The van der Waals surface area contributed by atoms with E-state index in [0.717, 1.165) is 34.9 Å². The molecule has 3 aromatic carbocycles. The summed E-state index contributed by atoms with van der Waals surface area (Å²) < 4.78 is 38.6. The summed E-state index contributed by atoms with van der Waals surface area (Å²) in [5.74, 6) is 0.564. The SMILES string of the molecule is O=C(Nc1ccc(SCCc2ccccn2)cc1)c1ccccc1-c1ccc(C(F)(F)F)cc1. The molecule has 4 rings (SSSR count). The van der Waals surface area contributed by atoms with Crippen molar-refractivity contribution in [2.45, 2.75) is 17.5 Å². The second-order valence-electron chi connectivity index (χ2n) is 7.52. The van der Waals surface area contributed by atoms with Crippen molar-refractivity contribution >= 4 is 23.4 Å². The predicted octanol–water partition coefficient (Wildman–Crippen LogP) is 7.35. The Morgan fingerprint density at radius 2 is 1.56 bits per heavy atom. The predicted molar refractivity (Wildman–Crippen MR) is 130 cm³/mol. The molecule has 0 radical (unpaired) electrons. The number of hydrogen-bond donors (Lipinski definition) is 1. The van der Waals surface area contributed by atoms with Crippen LogP contribution in [0.5, 0.6) is 0 Å². The number of anilines is 1. The summed E-state index contributed by atoms with van der Waals surface area (Å²) in [4.78, 5) is 18.3. The Balaban J connectivity index is 1.41. The molecule has 7 heteroatoms. The number of carbonyl (C=O) groups excluding carboxylic acids is 1. The minimum atomic E-state index is -4.40. The van der Waals surface area contributed by atoms with Gasteiger partial charge >= 0.3 is 6.18 Å². The van der Waals surface area contributed by atoms with E-state index in [1.807, 2.05) is 42.5 Å². The lowest BCUT2D eigenvalue weighted by Gasteiger charge is -2.12. The van der Waals surface area contributed by atoms with E-state index in [0.29, 0.717) is 22.4 Å². The molecule has 0 aliphatic heterocycles. The van der Waals surface area contributed by atoms with Crippen LogP contribution >= 0.6 is 11.8 Å². The van der Waals surface area contributed by atoms with Crippen molar-refractivity contribution in [3.63, 3.8) is 0 Å². The van der Waals surface area contributed by atoms with E-state index in [9.17, 15) is 18.0 Å². The van der Waals surface area contributed by atoms with Crippen molar-refractivity contribution in [1.29, 1.82) is 0 Å². The number of hydrogen-bond acceptors (Lipinski definition) is 3. The number of halogens is 3. The molecule has 0 atom stereocenters. The maximum absolute atomic E-state index is 12.9. The van der Waals surface area contributed by atoms with Gasteiger partial charge in [-0.05, 0) is 72.1 Å². The number of carbonyl (C=O) groups is 1. The topological polar surface area (TPSA) is 42.0 Å². The average molecular weight is 479 g/mol. The number of aromatic nitrogens is 1. The number of nitrogens with zero attached hydrogens (tertiary/aromatic N) is 1. The molecule has 0 unspecified atom stereocenters. The van der Waals surface area contributed by atoms with Crippen molar-refractivity contribution < 1.29 is 18.0 Å². The van der Waals surface area contributed by atoms with Crippen LogP contribution < -0.4 is 5.32 Å². The average Bonchev–Trinajstić information content (AvgIpc) is 2.85. The van der Waals surface area contributed by atoms with E-state index in [1.165, 1.54) is 12.1 Å². The molecule has 3 nitrogen and oxygen atoms in total. The molecule has 0 aliphatic rings.